The van der Waals surface area contributed by atoms with E-state index in [1.165, 1.54) is 19.3 Å². The zero-order valence-corrected chi connectivity index (χ0v) is 13.9. The molecule has 124 valence electrons. The summed E-state index contributed by atoms with van der Waals surface area (Å²) in [6.45, 7) is 6.28. The molecule has 4 atom stereocenters. The summed E-state index contributed by atoms with van der Waals surface area (Å²) >= 11 is 0. The van der Waals surface area contributed by atoms with E-state index in [1.54, 1.807) is 11.1 Å². The third kappa shape index (κ3) is 2.83. The maximum Gasteiger partial charge on any atom is 0.310 e. The molecule has 0 amide bonds. The van der Waals surface area contributed by atoms with Crippen LogP contribution in [0, 0.1) is 17.3 Å². The fourth-order valence-corrected chi connectivity index (χ4v) is 4.81. The highest BCUT2D eigenvalue weighted by Gasteiger charge is 2.52. The first-order chi connectivity index (χ1) is 10.5. The molecule has 0 aromatic heterocycles. The highest BCUT2D eigenvalue weighted by atomic mass is 16.6. The minimum atomic E-state index is -0.0213. The van der Waals surface area contributed by atoms with Gasteiger partial charge in [0.05, 0.1) is 5.92 Å². The number of fused-ring (bicyclic) bond motifs is 2. The van der Waals surface area contributed by atoms with Crippen LogP contribution in [0.4, 0.5) is 0 Å². The molecule has 0 spiro atoms. The van der Waals surface area contributed by atoms with E-state index in [1.807, 2.05) is 0 Å². The van der Waals surface area contributed by atoms with E-state index in [9.17, 15) is 4.79 Å². The van der Waals surface area contributed by atoms with Gasteiger partial charge in [-0.1, -0.05) is 18.1 Å². The second-order valence-electron chi connectivity index (χ2n) is 7.61. The lowest BCUT2D eigenvalue weighted by Crippen LogP contribution is -2.40. The summed E-state index contributed by atoms with van der Waals surface area (Å²) in [6, 6.07) is 0. The Morgan fingerprint density at radius 3 is 3.05 bits per heavy atom. The molecule has 4 heteroatoms. The fraction of sp³-hybridized carbons (Fsp3) is 0.833. The van der Waals surface area contributed by atoms with Gasteiger partial charge in [0.2, 0.25) is 0 Å². The molecule has 2 fully saturated rings. The summed E-state index contributed by atoms with van der Waals surface area (Å²) in [4.78, 5) is 12.3. The number of carbonyl (C=O) groups excluding carboxylic acids is 1. The van der Waals surface area contributed by atoms with Gasteiger partial charge < -0.3 is 15.2 Å². The van der Waals surface area contributed by atoms with Crippen LogP contribution in [0.25, 0.3) is 0 Å². The molecule has 1 aliphatic heterocycles. The maximum absolute atomic E-state index is 12.3. The molecule has 22 heavy (non-hydrogen) atoms. The summed E-state index contributed by atoms with van der Waals surface area (Å²) in [7, 11) is 0. The van der Waals surface area contributed by atoms with Crippen LogP contribution in [0.2, 0.25) is 0 Å². The monoisotopic (exact) mass is 307 g/mol. The van der Waals surface area contributed by atoms with Crippen LogP contribution in [0.1, 0.15) is 52.4 Å². The van der Waals surface area contributed by atoms with Crippen molar-refractivity contribution < 1.29 is 14.6 Å². The quantitative estimate of drug-likeness (QED) is 0.465. The van der Waals surface area contributed by atoms with Crippen LogP contribution in [-0.2, 0) is 9.53 Å². The van der Waals surface area contributed by atoms with Crippen molar-refractivity contribution >= 4 is 5.97 Å². The summed E-state index contributed by atoms with van der Waals surface area (Å²) in [6.07, 6.45) is 6.60. The molecule has 0 unspecified atom stereocenters. The Balaban J connectivity index is 1.71. The topological polar surface area (TPSA) is 58.6 Å². The van der Waals surface area contributed by atoms with Crippen molar-refractivity contribution in [1.82, 2.24) is 5.32 Å². The predicted molar refractivity (Wildman–Crippen MR) is 85.3 cm³/mol. The molecular weight excluding hydrogens is 278 g/mol. The SMILES string of the molecule is CC1=C2C[C@@H]3[C@H](CNCCCO)C(=O)O[C@@H]3C[C@]2(C)CCC1. The van der Waals surface area contributed by atoms with E-state index in [0.29, 0.717) is 12.5 Å². The van der Waals surface area contributed by atoms with Gasteiger partial charge in [0.15, 0.2) is 0 Å². The molecule has 3 rings (SSSR count). The number of esters is 1. The van der Waals surface area contributed by atoms with Gasteiger partial charge in [0, 0.05) is 19.1 Å². The highest BCUT2D eigenvalue weighted by molar-refractivity contribution is 5.76. The summed E-state index contributed by atoms with van der Waals surface area (Å²) in [5, 5.41) is 12.2. The van der Waals surface area contributed by atoms with E-state index in [-0.39, 0.29) is 30.0 Å². The number of allylic oxidation sites excluding steroid dienone is 2. The van der Waals surface area contributed by atoms with Gasteiger partial charge in [0.1, 0.15) is 6.10 Å². The molecule has 0 aromatic carbocycles. The van der Waals surface area contributed by atoms with Crippen molar-refractivity contribution in [1.29, 1.82) is 0 Å². The molecular formula is C18H29NO3. The van der Waals surface area contributed by atoms with Gasteiger partial charge in [-0.15, -0.1) is 0 Å². The molecule has 1 saturated heterocycles. The molecule has 0 radical (unpaired) electrons. The third-order valence-corrected chi connectivity index (χ3v) is 6.06. The summed E-state index contributed by atoms with van der Waals surface area (Å²) < 4.78 is 5.73. The Labute approximate surface area is 133 Å². The highest BCUT2D eigenvalue weighted by Crippen LogP contribution is 2.54. The normalized spacial score (nSPS) is 37.8. The van der Waals surface area contributed by atoms with Crippen LogP contribution in [0.3, 0.4) is 0 Å². The van der Waals surface area contributed by atoms with Crippen molar-refractivity contribution in [2.45, 2.75) is 58.5 Å². The largest absolute Gasteiger partial charge is 0.462 e. The van der Waals surface area contributed by atoms with Gasteiger partial charge in [-0.3, -0.25) is 4.79 Å². The maximum atomic E-state index is 12.3. The molecule has 1 saturated carbocycles. The molecule has 1 heterocycles. The second-order valence-corrected chi connectivity index (χ2v) is 7.61. The number of hydrogen-bond donors (Lipinski definition) is 2. The summed E-state index contributed by atoms with van der Waals surface area (Å²) in [5.74, 6) is 0.299. The van der Waals surface area contributed by atoms with Crippen LogP contribution in [0.5, 0.6) is 0 Å². The fourth-order valence-electron chi connectivity index (χ4n) is 4.81. The Bertz CT molecular complexity index is 473. The standard InChI is InChI=1S/C18H29NO3/c1-12-5-3-6-18(2)10-16-13(9-15(12)18)14(17(21)22-16)11-19-7-4-8-20/h13-14,16,19-20H,3-11H2,1-2H3/t13-,14+,16-,18+/m1/s1. The van der Waals surface area contributed by atoms with E-state index < -0.39 is 0 Å². The molecule has 2 aliphatic carbocycles. The zero-order valence-electron chi connectivity index (χ0n) is 13.9. The van der Waals surface area contributed by atoms with Crippen LogP contribution in [-0.4, -0.2) is 36.9 Å². The van der Waals surface area contributed by atoms with Gasteiger partial charge in [0.25, 0.3) is 0 Å². The molecule has 4 nitrogen and oxygen atoms in total. The lowest BCUT2D eigenvalue weighted by molar-refractivity contribution is -0.145. The van der Waals surface area contributed by atoms with Crippen molar-refractivity contribution in [2.24, 2.45) is 17.3 Å². The van der Waals surface area contributed by atoms with E-state index in [4.69, 9.17) is 9.84 Å². The van der Waals surface area contributed by atoms with Gasteiger partial charge in [-0.25, -0.2) is 0 Å². The summed E-state index contributed by atoms with van der Waals surface area (Å²) in [5.41, 5.74) is 3.42. The number of nitrogens with one attached hydrogen (secondary N) is 1. The minimum Gasteiger partial charge on any atom is -0.462 e. The van der Waals surface area contributed by atoms with Crippen LogP contribution < -0.4 is 5.32 Å². The van der Waals surface area contributed by atoms with E-state index >= 15 is 0 Å². The second kappa shape index (κ2) is 6.32. The van der Waals surface area contributed by atoms with Crippen molar-refractivity contribution in [3.63, 3.8) is 0 Å². The first kappa shape index (κ1) is 16.0. The molecule has 0 aromatic rings. The Morgan fingerprint density at radius 1 is 1.45 bits per heavy atom. The predicted octanol–water partition coefficient (Wildman–Crippen LogP) is 2.42. The number of hydrogen-bond acceptors (Lipinski definition) is 4. The van der Waals surface area contributed by atoms with Crippen molar-refractivity contribution in [3.05, 3.63) is 11.1 Å². The average molecular weight is 307 g/mol. The lowest BCUT2D eigenvalue weighted by atomic mass is 9.59. The molecule has 3 aliphatic rings. The Kier molecular flexibility index (Phi) is 4.60. The van der Waals surface area contributed by atoms with Gasteiger partial charge in [-0.2, -0.15) is 0 Å². The smallest absolute Gasteiger partial charge is 0.310 e. The van der Waals surface area contributed by atoms with Gasteiger partial charge >= 0.3 is 5.97 Å². The lowest BCUT2D eigenvalue weighted by Gasteiger charge is -2.45. The van der Waals surface area contributed by atoms with E-state index in [2.05, 4.69) is 19.2 Å². The minimum absolute atomic E-state index is 0.0181. The Morgan fingerprint density at radius 2 is 2.27 bits per heavy atom. The van der Waals surface area contributed by atoms with Crippen molar-refractivity contribution in [3.8, 4) is 0 Å². The van der Waals surface area contributed by atoms with Crippen LogP contribution in [0.15, 0.2) is 11.1 Å². The number of aliphatic hydroxyl groups is 1. The zero-order chi connectivity index (χ0) is 15.7. The Hall–Kier alpha value is -0.870. The molecule has 2 N–H and O–H groups in total. The third-order valence-electron chi connectivity index (χ3n) is 6.06. The number of aliphatic hydroxyl groups excluding tert-OH is 1. The average Bonchev–Trinajstić information content (AvgIpc) is 2.76. The number of carbonyl (C=O) groups is 1. The van der Waals surface area contributed by atoms with Crippen molar-refractivity contribution in [2.75, 3.05) is 19.7 Å². The van der Waals surface area contributed by atoms with Crippen LogP contribution >= 0.6 is 0 Å². The first-order valence-electron chi connectivity index (χ1n) is 8.76. The van der Waals surface area contributed by atoms with Gasteiger partial charge in [-0.05, 0) is 57.4 Å². The first-order valence-corrected chi connectivity index (χ1v) is 8.76. The number of ether oxygens (including phenoxy) is 1. The molecule has 0 bridgehead atoms. The number of rotatable bonds is 5. The van der Waals surface area contributed by atoms with E-state index in [0.717, 1.165) is 25.8 Å².